The number of pyridine rings is 1. The van der Waals surface area contributed by atoms with Crippen LogP contribution in [0.25, 0.3) is 0 Å². The van der Waals surface area contributed by atoms with Gasteiger partial charge in [0, 0.05) is 10.7 Å². The lowest BCUT2D eigenvalue weighted by molar-refractivity contribution is 0.318. The van der Waals surface area contributed by atoms with Gasteiger partial charge >= 0.3 is 0 Å². The molecule has 0 unspecified atom stereocenters. The third kappa shape index (κ3) is 3.02. The fourth-order valence-electron chi connectivity index (χ4n) is 1.63. The first-order valence-corrected chi connectivity index (χ1v) is 6.76. The number of benzene rings is 1. The Morgan fingerprint density at radius 1 is 1.45 bits per heavy atom. The van der Waals surface area contributed by atoms with Gasteiger partial charge in [-0.2, -0.15) is 0 Å². The molecule has 104 valence electrons. The van der Waals surface area contributed by atoms with Crippen molar-refractivity contribution in [3.8, 4) is 11.6 Å². The molecule has 2 rings (SSSR count). The van der Waals surface area contributed by atoms with Gasteiger partial charge in [-0.15, -0.1) is 0 Å². The molecule has 0 aliphatic carbocycles. The molecular formula is C13H11BrClN3O2. The van der Waals surface area contributed by atoms with E-state index in [0.717, 1.165) is 10.0 Å². The molecule has 20 heavy (non-hydrogen) atoms. The third-order valence-electron chi connectivity index (χ3n) is 2.59. The summed E-state index contributed by atoms with van der Waals surface area (Å²) < 4.78 is 6.50. The maximum absolute atomic E-state index is 8.84. The fourth-order valence-corrected chi connectivity index (χ4v) is 2.35. The van der Waals surface area contributed by atoms with Crippen molar-refractivity contribution in [2.45, 2.75) is 6.92 Å². The number of hydrogen-bond donors (Lipinski definition) is 2. The molecule has 0 saturated heterocycles. The van der Waals surface area contributed by atoms with Crippen LogP contribution in [0.5, 0.6) is 11.6 Å². The van der Waals surface area contributed by atoms with E-state index >= 15 is 0 Å². The molecule has 0 atom stereocenters. The molecule has 0 amide bonds. The average molecular weight is 357 g/mol. The third-order valence-corrected chi connectivity index (χ3v) is 3.38. The zero-order chi connectivity index (χ0) is 14.7. The molecule has 5 nitrogen and oxygen atoms in total. The van der Waals surface area contributed by atoms with Gasteiger partial charge in [-0.25, -0.2) is 4.98 Å². The number of nitrogens with two attached hydrogens (primary N) is 1. The summed E-state index contributed by atoms with van der Waals surface area (Å²) in [6.07, 6.45) is 1.57. The zero-order valence-corrected chi connectivity index (χ0v) is 12.8. The molecule has 0 spiro atoms. The smallest absolute Gasteiger partial charge is 0.230 e. The van der Waals surface area contributed by atoms with Crippen LogP contribution in [0, 0.1) is 6.92 Å². The highest BCUT2D eigenvalue weighted by Gasteiger charge is 2.15. The van der Waals surface area contributed by atoms with Crippen molar-refractivity contribution in [1.29, 1.82) is 0 Å². The van der Waals surface area contributed by atoms with Crippen LogP contribution in [0.4, 0.5) is 0 Å². The van der Waals surface area contributed by atoms with Crippen molar-refractivity contribution in [3.05, 3.63) is 51.1 Å². The summed E-state index contributed by atoms with van der Waals surface area (Å²) in [7, 11) is 0. The van der Waals surface area contributed by atoms with E-state index < -0.39 is 0 Å². The molecule has 0 fully saturated rings. The predicted octanol–water partition coefficient (Wildman–Crippen LogP) is 3.69. The van der Waals surface area contributed by atoms with E-state index in [1.165, 1.54) is 0 Å². The van der Waals surface area contributed by atoms with Gasteiger partial charge in [0.05, 0.1) is 10.6 Å². The van der Waals surface area contributed by atoms with Gasteiger partial charge < -0.3 is 15.7 Å². The van der Waals surface area contributed by atoms with E-state index in [1.54, 1.807) is 30.5 Å². The molecule has 1 aromatic heterocycles. The average Bonchev–Trinajstić information content (AvgIpc) is 2.41. The normalized spacial score (nSPS) is 11.4. The summed E-state index contributed by atoms with van der Waals surface area (Å²) in [6.45, 7) is 1.81. The van der Waals surface area contributed by atoms with E-state index in [9.17, 15) is 0 Å². The van der Waals surface area contributed by atoms with Crippen LogP contribution < -0.4 is 10.5 Å². The minimum absolute atomic E-state index is 0.0705. The monoisotopic (exact) mass is 355 g/mol. The minimum Gasteiger partial charge on any atom is -0.437 e. The van der Waals surface area contributed by atoms with Gasteiger partial charge in [0.15, 0.2) is 5.84 Å². The van der Waals surface area contributed by atoms with Crippen molar-refractivity contribution in [1.82, 2.24) is 4.98 Å². The van der Waals surface area contributed by atoms with Gasteiger partial charge in [-0.1, -0.05) is 32.7 Å². The van der Waals surface area contributed by atoms with E-state index in [2.05, 4.69) is 26.1 Å². The Bertz CT molecular complexity index is 677. The molecular weight excluding hydrogens is 346 g/mol. The molecule has 0 radical (unpaired) electrons. The van der Waals surface area contributed by atoms with Crippen LogP contribution in [-0.2, 0) is 0 Å². The summed E-state index contributed by atoms with van der Waals surface area (Å²) in [5.74, 6) is 0.586. The Kier molecular flexibility index (Phi) is 4.46. The van der Waals surface area contributed by atoms with Gasteiger partial charge in [0.2, 0.25) is 5.88 Å². The minimum atomic E-state index is -0.0705. The van der Waals surface area contributed by atoms with E-state index in [4.69, 9.17) is 27.3 Å². The number of rotatable bonds is 3. The highest BCUT2D eigenvalue weighted by atomic mass is 79.9. The van der Waals surface area contributed by atoms with Crippen LogP contribution in [-0.4, -0.2) is 16.0 Å². The van der Waals surface area contributed by atoms with Crippen LogP contribution in [0.3, 0.4) is 0 Å². The Morgan fingerprint density at radius 3 is 2.85 bits per heavy atom. The first-order valence-electron chi connectivity index (χ1n) is 5.59. The zero-order valence-electron chi connectivity index (χ0n) is 10.5. The molecule has 0 bridgehead atoms. The Labute approximate surface area is 129 Å². The van der Waals surface area contributed by atoms with Crippen LogP contribution in [0.1, 0.15) is 11.1 Å². The number of halogens is 2. The van der Waals surface area contributed by atoms with Crippen LogP contribution >= 0.6 is 27.5 Å². The molecule has 7 heteroatoms. The summed E-state index contributed by atoms with van der Waals surface area (Å²) in [6, 6.07) is 6.94. The standard InChI is InChI=1S/C13H11BrClN3O2/c1-7-4-5-17-13(11(7)12(16)18-19)20-10-3-2-8(14)6-9(10)15/h2-6,19H,1H3,(H2,16,18). The number of ether oxygens (including phenoxy) is 1. The Balaban J connectivity index is 2.46. The second-order valence-electron chi connectivity index (χ2n) is 3.97. The topological polar surface area (TPSA) is 80.7 Å². The van der Waals surface area contributed by atoms with E-state index in [-0.39, 0.29) is 11.7 Å². The number of aryl methyl sites for hydroxylation is 1. The summed E-state index contributed by atoms with van der Waals surface area (Å²) in [4.78, 5) is 4.10. The summed E-state index contributed by atoms with van der Waals surface area (Å²) >= 11 is 9.41. The van der Waals surface area contributed by atoms with E-state index in [1.807, 2.05) is 6.92 Å². The molecule has 0 aliphatic rings. The lowest BCUT2D eigenvalue weighted by Gasteiger charge is -2.12. The second kappa shape index (κ2) is 6.11. The quantitative estimate of drug-likeness (QED) is 0.380. The number of oxime groups is 1. The maximum atomic E-state index is 8.84. The van der Waals surface area contributed by atoms with Crippen molar-refractivity contribution < 1.29 is 9.94 Å². The molecule has 3 N–H and O–H groups in total. The largest absolute Gasteiger partial charge is 0.437 e. The first-order chi connectivity index (χ1) is 9.52. The number of hydrogen-bond acceptors (Lipinski definition) is 4. The lowest BCUT2D eigenvalue weighted by Crippen LogP contribution is -2.16. The van der Waals surface area contributed by atoms with Crippen molar-refractivity contribution in [2.75, 3.05) is 0 Å². The number of aromatic nitrogens is 1. The van der Waals surface area contributed by atoms with Gasteiger partial charge in [0.25, 0.3) is 0 Å². The van der Waals surface area contributed by atoms with Gasteiger partial charge in [-0.3, -0.25) is 0 Å². The second-order valence-corrected chi connectivity index (χ2v) is 5.29. The Morgan fingerprint density at radius 2 is 2.20 bits per heavy atom. The maximum Gasteiger partial charge on any atom is 0.230 e. The molecule has 0 aliphatic heterocycles. The van der Waals surface area contributed by atoms with Gasteiger partial charge in [-0.05, 0) is 36.8 Å². The first kappa shape index (κ1) is 14.6. The number of amidine groups is 1. The van der Waals surface area contributed by atoms with Crippen molar-refractivity contribution in [2.24, 2.45) is 10.9 Å². The highest BCUT2D eigenvalue weighted by molar-refractivity contribution is 9.10. The molecule has 2 aromatic rings. The van der Waals surface area contributed by atoms with E-state index in [0.29, 0.717) is 16.3 Å². The number of nitrogens with zero attached hydrogens (tertiary/aromatic N) is 2. The SMILES string of the molecule is Cc1ccnc(Oc2ccc(Br)cc2Cl)c1/C(N)=N/O. The predicted molar refractivity (Wildman–Crippen MR) is 80.7 cm³/mol. The summed E-state index contributed by atoms with van der Waals surface area (Å²) in [5, 5.41) is 12.3. The molecule has 0 saturated carbocycles. The van der Waals surface area contributed by atoms with Crippen molar-refractivity contribution >= 4 is 33.4 Å². The molecule has 1 aromatic carbocycles. The molecule has 1 heterocycles. The van der Waals surface area contributed by atoms with Crippen molar-refractivity contribution in [3.63, 3.8) is 0 Å². The van der Waals surface area contributed by atoms with Crippen LogP contribution in [0.15, 0.2) is 40.1 Å². The fraction of sp³-hybridized carbons (Fsp3) is 0.0769. The Hall–Kier alpha value is -1.79. The lowest BCUT2D eigenvalue weighted by atomic mass is 10.1. The van der Waals surface area contributed by atoms with Crippen LogP contribution in [0.2, 0.25) is 5.02 Å². The van der Waals surface area contributed by atoms with Gasteiger partial charge in [0.1, 0.15) is 5.75 Å². The summed E-state index contributed by atoms with van der Waals surface area (Å²) in [5.41, 5.74) is 6.85. The highest BCUT2D eigenvalue weighted by Crippen LogP contribution is 2.32.